The van der Waals surface area contributed by atoms with Gasteiger partial charge in [0.25, 0.3) is 0 Å². The number of carbonyl (C=O) groups is 1. The van der Waals surface area contributed by atoms with Gasteiger partial charge in [-0.2, -0.15) is 0 Å². The molecule has 0 atom stereocenters. The average Bonchev–Trinajstić information content (AvgIpc) is 2.26. The van der Waals surface area contributed by atoms with Gasteiger partial charge in [-0.1, -0.05) is 17.7 Å². The van der Waals surface area contributed by atoms with Gasteiger partial charge >= 0.3 is 0 Å². The summed E-state index contributed by atoms with van der Waals surface area (Å²) in [4.78, 5) is 13.0. The number of benzene rings is 1. The lowest BCUT2D eigenvalue weighted by Crippen LogP contribution is -2.58. The summed E-state index contributed by atoms with van der Waals surface area (Å²) in [6, 6.07) is 8.07. The summed E-state index contributed by atoms with van der Waals surface area (Å²) < 4.78 is 0. The Labute approximate surface area is 119 Å². The fourth-order valence-electron chi connectivity index (χ4n) is 1.32. The summed E-state index contributed by atoms with van der Waals surface area (Å²) in [5, 5.41) is 12.9. The van der Waals surface area contributed by atoms with E-state index in [1.165, 1.54) is 17.3 Å². The summed E-state index contributed by atoms with van der Waals surface area (Å²) in [5.41, 5.74) is -0.410. The van der Waals surface area contributed by atoms with Crippen LogP contribution in [0.1, 0.15) is 33.3 Å². The summed E-state index contributed by atoms with van der Waals surface area (Å²) in [6.07, 6.45) is 0. The zero-order chi connectivity index (χ0) is 14.7. The van der Waals surface area contributed by atoms with Gasteiger partial charge in [0.2, 0.25) is 5.91 Å². The Morgan fingerprint density at radius 1 is 1.21 bits per heavy atom. The van der Waals surface area contributed by atoms with Crippen LogP contribution in [0.5, 0.6) is 0 Å². The van der Waals surface area contributed by atoms with Gasteiger partial charge in [-0.05, 0) is 46.8 Å². The Morgan fingerprint density at radius 2 is 1.74 bits per heavy atom. The topological polar surface area (TPSA) is 49.3 Å². The number of rotatable bonds is 5. The van der Waals surface area contributed by atoms with E-state index in [2.05, 4.69) is 5.32 Å². The average molecular weight is 281 g/mol. The van der Waals surface area contributed by atoms with Crippen LogP contribution < -0.4 is 5.32 Å². The number of carbonyl (C=O) groups excluding carboxylic acids is 1. The lowest BCUT2D eigenvalue weighted by Gasteiger charge is -2.37. The summed E-state index contributed by atoms with van der Waals surface area (Å²) >= 11 is 1.49. The summed E-state index contributed by atoms with van der Waals surface area (Å²) in [7, 11) is 0. The second kappa shape index (κ2) is 5.97. The predicted molar refractivity (Wildman–Crippen MR) is 80.4 cm³/mol. The molecule has 0 radical (unpaired) electrons. The maximum atomic E-state index is 11.9. The Hall–Kier alpha value is -1.00. The third kappa shape index (κ3) is 4.88. The molecule has 4 heteroatoms. The normalized spacial score (nSPS) is 12.3. The molecule has 0 aliphatic rings. The largest absolute Gasteiger partial charge is 0.388 e. The molecule has 0 heterocycles. The second-order valence-corrected chi connectivity index (χ2v) is 6.88. The first-order valence-corrected chi connectivity index (χ1v) is 7.33. The molecule has 2 N–H and O–H groups in total. The molecule has 0 aliphatic heterocycles. The van der Waals surface area contributed by atoms with Gasteiger partial charge in [0.15, 0.2) is 0 Å². The second-order valence-electron chi connectivity index (χ2n) is 5.83. The van der Waals surface area contributed by atoms with Crippen LogP contribution in [0, 0.1) is 6.92 Å². The van der Waals surface area contributed by atoms with Crippen molar-refractivity contribution in [1.29, 1.82) is 0 Å². The van der Waals surface area contributed by atoms with E-state index in [1.807, 2.05) is 45.0 Å². The number of aliphatic hydroxyl groups is 1. The van der Waals surface area contributed by atoms with Crippen molar-refractivity contribution >= 4 is 17.7 Å². The monoisotopic (exact) mass is 281 g/mol. The number of nitrogens with one attached hydrogen (secondary N) is 1. The van der Waals surface area contributed by atoms with Crippen LogP contribution in [-0.4, -0.2) is 27.9 Å². The van der Waals surface area contributed by atoms with E-state index in [-0.39, 0.29) is 5.91 Å². The van der Waals surface area contributed by atoms with Crippen LogP contribution in [0.2, 0.25) is 0 Å². The predicted octanol–water partition coefficient (Wildman–Crippen LogP) is 2.75. The Kier molecular flexibility index (Phi) is 5.04. The highest BCUT2D eigenvalue weighted by Gasteiger charge is 2.36. The molecule has 106 valence electrons. The molecule has 1 amide bonds. The molecule has 0 unspecified atom stereocenters. The van der Waals surface area contributed by atoms with E-state index in [4.69, 9.17) is 0 Å². The zero-order valence-electron chi connectivity index (χ0n) is 12.3. The minimum Gasteiger partial charge on any atom is -0.388 e. The molecule has 1 rings (SSSR count). The highest BCUT2D eigenvalue weighted by atomic mass is 32.2. The van der Waals surface area contributed by atoms with E-state index in [9.17, 15) is 9.90 Å². The fourth-order valence-corrected chi connectivity index (χ4v) is 2.02. The van der Waals surface area contributed by atoms with Crippen molar-refractivity contribution in [3.63, 3.8) is 0 Å². The van der Waals surface area contributed by atoms with E-state index >= 15 is 0 Å². The molecule has 0 spiro atoms. The lowest BCUT2D eigenvalue weighted by molar-refractivity contribution is -0.123. The van der Waals surface area contributed by atoms with Crippen molar-refractivity contribution in [3.8, 4) is 0 Å². The van der Waals surface area contributed by atoms with E-state index in [0.717, 1.165) is 4.90 Å². The van der Waals surface area contributed by atoms with E-state index in [0.29, 0.717) is 5.75 Å². The maximum absolute atomic E-state index is 11.9. The number of hydrogen-bond acceptors (Lipinski definition) is 3. The van der Waals surface area contributed by atoms with Gasteiger partial charge in [0, 0.05) is 4.90 Å². The van der Waals surface area contributed by atoms with Crippen molar-refractivity contribution in [3.05, 3.63) is 29.8 Å². The van der Waals surface area contributed by atoms with Crippen molar-refractivity contribution in [2.75, 3.05) is 5.75 Å². The summed E-state index contributed by atoms with van der Waals surface area (Å²) in [5.74, 6) is 0.278. The molecule has 19 heavy (non-hydrogen) atoms. The molecule has 0 saturated heterocycles. The molecule has 0 aliphatic carbocycles. The van der Waals surface area contributed by atoms with Crippen LogP contribution in [0.3, 0.4) is 0 Å². The van der Waals surface area contributed by atoms with E-state index < -0.39 is 11.1 Å². The molecular formula is C15H23NO2S. The Bertz CT molecular complexity index is 432. The highest BCUT2D eigenvalue weighted by molar-refractivity contribution is 8.00. The highest BCUT2D eigenvalue weighted by Crippen LogP contribution is 2.22. The first-order valence-electron chi connectivity index (χ1n) is 6.35. The molecular weight excluding hydrogens is 258 g/mol. The van der Waals surface area contributed by atoms with Crippen LogP contribution in [-0.2, 0) is 4.79 Å². The minimum atomic E-state index is -0.961. The van der Waals surface area contributed by atoms with Crippen LogP contribution in [0.15, 0.2) is 29.2 Å². The molecule has 0 bridgehead atoms. The van der Waals surface area contributed by atoms with Crippen molar-refractivity contribution in [2.24, 2.45) is 0 Å². The van der Waals surface area contributed by atoms with Gasteiger partial charge in [0.1, 0.15) is 0 Å². The number of amides is 1. The van der Waals surface area contributed by atoms with Gasteiger partial charge in [-0.3, -0.25) is 4.79 Å². The van der Waals surface area contributed by atoms with Gasteiger partial charge in [0.05, 0.1) is 16.9 Å². The van der Waals surface area contributed by atoms with E-state index in [1.54, 1.807) is 13.8 Å². The lowest BCUT2D eigenvalue weighted by atomic mass is 9.86. The van der Waals surface area contributed by atoms with Crippen LogP contribution in [0.25, 0.3) is 0 Å². The first kappa shape index (κ1) is 16.1. The maximum Gasteiger partial charge on any atom is 0.230 e. The Morgan fingerprint density at radius 3 is 2.21 bits per heavy atom. The third-order valence-electron chi connectivity index (χ3n) is 3.37. The quantitative estimate of drug-likeness (QED) is 0.816. The molecule has 3 nitrogen and oxygen atoms in total. The van der Waals surface area contributed by atoms with Gasteiger partial charge in [-0.25, -0.2) is 0 Å². The van der Waals surface area contributed by atoms with Gasteiger partial charge < -0.3 is 10.4 Å². The fraction of sp³-hybridized carbons (Fsp3) is 0.533. The van der Waals surface area contributed by atoms with Crippen molar-refractivity contribution in [1.82, 2.24) is 5.32 Å². The molecule has 0 saturated carbocycles. The summed E-state index contributed by atoms with van der Waals surface area (Å²) in [6.45, 7) is 9.07. The first-order chi connectivity index (χ1) is 8.62. The number of hydrogen-bond donors (Lipinski definition) is 2. The standard InChI is InChI=1S/C15H23NO2S/c1-11-6-8-12(9-7-11)19-10-13(17)16-14(2,3)15(4,5)18/h6-9,18H,10H2,1-5H3,(H,16,17). The molecule has 0 aromatic heterocycles. The van der Waals surface area contributed by atoms with Crippen LogP contribution in [0.4, 0.5) is 0 Å². The van der Waals surface area contributed by atoms with Crippen molar-refractivity contribution < 1.29 is 9.90 Å². The Balaban J connectivity index is 2.51. The number of aryl methyl sites for hydroxylation is 1. The third-order valence-corrected chi connectivity index (χ3v) is 4.38. The molecule has 1 aromatic carbocycles. The van der Waals surface area contributed by atoms with Crippen LogP contribution >= 0.6 is 11.8 Å². The molecule has 1 aromatic rings. The van der Waals surface area contributed by atoms with Gasteiger partial charge in [-0.15, -0.1) is 11.8 Å². The zero-order valence-corrected chi connectivity index (χ0v) is 13.1. The molecule has 0 fully saturated rings. The number of thioether (sulfide) groups is 1. The SMILES string of the molecule is Cc1ccc(SCC(=O)NC(C)(C)C(C)(C)O)cc1. The van der Waals surface area contributed by atoms with Crippen molar-refractivity contribution in [2.45, 2.75) is 50.7 Å². The smallest absolute Gasteiger partial charge is 0.230 e. The minimum absolute atomic E-state index is 0.0716.